The smallest absolute Gasteiger partial charge is 0.251 e. The van der Waals surface area contributed by atoms with Crippen molar-refractivity contribution in [2.45, 2.75) is 31.9 Å². The third kappa shape index (κ3) is 3.47. The van der Waals surface area contributed by atoms with Gasteiger partial charge < -0.3 is 9.67 Å². The zero-order valence-corrected chi connectivity index (χ0v) is 9.60. The second-order valence-corrected chi connectivity index (χ2v) is 4.37. The first-order valence-corrected chi connectivity index (χ1v) is 5.82. The minimum absolute atomic E-state index is 0.107. The Morgan fingerprint density at radius 1 is 1.53 bits per heavy atom. The Morgan fingerprint density at radius 2 is 2.29 bits per heavy atom. The SMILES string of the molecule is OCCN(Cc1cncn1C1CC1)CC(F)F. The van der Waals surface area contributed by atoms with E-state index in [0.29, 0.717) is 12.6 Å². The summed E-state index contributed by atoms with van der Waals surface area (Å²) in [7, 11) is 0. The van der Waals surface area contributed by atoms with Gasteiger partial charge >= 0.3 is 0 Å². The normalized spacial score (nSPS) is 16.1. The van der Waals surface area contributed by atoms with Gasteiger partial charge in [-0.25, -0.2) is 13.8 Å². The molecule has 1 heterocycles. The van der Waals surface area contributed by atoms with Crippen molar-refractivity contribution in [3.05, 3.63) is 18.2 Å². The van der Waals surface area contributed by atoms with Crippen LogP contribution < -0.4 is 0 Å². The molecule has 0 amide bonds. The number of alkyl halides is 2. The van der Waals surface area contributed by atoms with E-state index in [0.717, 1.165) is 18.5 Å². The molecule has 17 heavy (non-hydrogen) atoms. The average Bonchev–Trinajstić information content (AvgIpc) is 3.00. The van der Waals surface area contributed by atoms with Crippen LogP contribution >= 0.6 is 0 Å². The van der Waals surface area contributed by atoms with Gasteiger partial charge in [-0.15, -0.1) is 0 Å². The summed E-state index contributed by atoms with van der Waals surface area (Å²) in [6.45, 7) is 0.266. The van der Waals surface area contributed by atoms with Crippen LogP contribution in [0, 0.1) is 0 Å². The summed E-state index contributed by atoms with van der Waals surface area (Å²) < 4.78 is 26.8. The number of halogens is 2. The summed E-state index contributed by atoms with van der Waals surface area (Å²) in [6.07, 6.45) is 3.37. The fourth-order valence-electron chi connectivity index (χ4n) is 1.94. The molecule has 1 saturated carbocycles. The lowest BCUT2D eigenvalue weighted by Crippen LogP contribution is -2.31. The molecule has 96 valence electrons. The fourth-order valence-corrected chi connectivity index (χ4v) is 1.94. The Bertz CT molecular complexity index is 352. The van der Waals surface area contributed by atoms with Crippen molar-refractivity contribution in [3.63, 3.8) is 0 Å². The Kier molecular flexibility index (Phi) is 4.06. The van der Waals surface area contributed by atoms with E-state index >= 15 is 0 Å². The molecule has 0 radical (unpaired) electrons. The van der Waals surface area contributed by atoms with Gasteiger partial charge in [0.05, 0.1) is 25.2 Å². The Balaban J connectivity index is 1.97. The quantitative estimate of drug-likeness (QED) is 0.786. The first-order chi connectivity index (χ1) is 8.20. The Morgan fingerprint density at radius 3 is 2.88 bits per heavy atom. The zero-order chi connectivity index (χ0) is 12.3. The van der Waals surface area contributed by atoms with Gasteiger partial charge in [0, 0.05) is 25.3 Å². The van der Waals surface area contributed by atoms with Gasteiger partial charge in [0.1, 0.15) is 0 Å². The van der Waals surface area contributed by atoms with Crippen molar-refractivity contribution in [1.82, 2.24) is 14.5 Å². The number of hydrogen-bond acceptors (Lipinski definition) is 3. The lowest BCUT2D eigenvalue weighted by Gasteiger charge is -2.21. The molecular formula is C11H17F2N3O. The van der Waals surface area contributed by atoms with Crippen LogP contribution in [0.3, 0.4) is 0 Å². The van der Waals surface area contributed by atoms with Crippen LogP contribution in [0.2, 0.25) is 0 Å². The van der Waals surface area contributed by atoms with Gasteiger partial charge in [0.25, 0.3) is 6.43 Å². The van der Waals surface area contributed by atoms with Gasteiger partial charge in [0.2, 0.25) is 0 Å². The Hall–Kier alpha value is -1.01. The molecule has 1 aliphatic carbocycles. The predicted octanol–water partition coefficient (Wildman–Crippen LogP) is 1.28. The predicted molar refractivity (Wildman–Crippen MR) is 58.9 cm³/mol. The molecule has 0 aliphatic heterocycles. The topological polar surface area (TPSA) is 41.3 Å². The molecule has 1 aliphatic rings. The standard InChI is InChI=1S/C11H17F2N3O/c12-11(13)7-15(3-4-17)6-10-5-14-8-16(10)9-1-2-9/h5,8-9,11,17H,1-4,6-7H2. The zero-order valence-electron chi connectivity index (χ0n) is 9.60. The summed E-state index contributed by atoms with van der Waals surface area (Å²) >= 11 is 0. The number of aliphatic hydroxyl groups is 1. The maximum absolute atomic E-state index is 12.4. The third-order valence-electron chi connectivity index (χ3n) is 2.88. The highest BCUT2D eigenvalue weighted by atomic mass is 19.3. The molecule has 0 aromatic carbocycles. The summed E-state index contributed by atoms with van der Waals surface area (Å²) in [4.78, 5) is 5.62. The van der Waals surface area contributed by atoms with E-state index in [9.17, 15) is 8.78 Å². The highest BCUT2D eigenvalue weighted by Gasteiger charge is 2.26. The number of hydrogen-bond donors (Lipinski definition) is 1. The third-order valence-corrected chi connectivity index (χ3v) is 2.88. The van der Waals surface area contributed by atoms with Crippen molar-refractivity contribution in [2.75, 3.05) is 19.7 Å². The average molecular weight is 245 g/mol. The number of rotatable bonds is 7. The van der Waals surface area contributed by atoms with Crippen molar-refractivity contribution >= 4 is 0 Å². The molecule has 0 spiro atoms. The van der Waals surface area contributed by atoms with E-state index in [4.69, 9.17) is 5.11 Å². The molecule has 0 atom stereocenters. The van der Waals surface area contributed by atoms with E-state index in [2.05, 4.69) is 9.55 Å². The first kappa shape index (κ1) is 12.4. The minimum atomic E-state index is -2.38. The van der Waals surface area contributed by atoms with Crippen LogP contribution in [0.5, 0.6) is 0 Å². The molecule has 0 saturated heterocycles. The van der Waals surface area contributed by atoms with E-state index in [1.54, 1.807) is 17.4 Å². The van der Waals surface area contributed by atoms with Crippen molar-refractivity contribution in [2.24, 2.45) is 0 Å². The summed E-state index contributed by atoms with van der Waals surface area (Å²) in [5.41, 5.74) is 0.946. The van der Waals surface area contributed by atoms with Gasteiger partial charge in [0.15, 0.2) is 0 Å². The molecule has 1 aromatic rings. The van der Waals surface area contributed by atoms with Crippen LogP contribution in [0.15, 0.2) is 12.5 Å². The lowest BCUT2D eigenvalue weighted by atomic mass is 10.3. The minimum Gasteiger partial charge on any atom is -0.395 e. The number of imidazole rings is 1. The number of aromatic nitrogens is 2. The van der Waals surface area contributed by atoms with E-state index in [1.165, 1.54) is 0 Å². The van der Waals surface area contributed by atoms with E-state index in [-0.39, 0.29) is 19.7 Å². The molecule has 4 nitrogen and oxygen atoms in total. The second-order valence-electron chi connectivity index (χ2n) is 4.37. The van der Waals surface area contributed by atoms with Gasteiger partial charge in [-0.1, -0.05) is 0 Å². The molecular weight excluding hydrogens is 228 g/mol. The molecule has 1 N–H and O–H groups in total. The van der Waals surface area contributed by atoms with Crippen molar-refractivity contribution in [3.8, 4) is 0 Å². The van der Waals surface area contributed by atoms with Crippen LogP contribution in [-0.2, 0) is 6.54 Å². The van der Waals surface area contributed by atoms with E-state index in [1.807, 2.05) is 0 Å². The highest BCUT2D eigenvalue weighted by Crippen LogP contribution is 2.35. The van der Waals surface area contributed by atoms with Crippen molar-refractivity contribution < 1.29 is 13.9 Å². The number of aliphatic hydroxyl groups excluding tert-OH is 1. The van der Waals surface area contributed by atoms with Crippen molar-refractivity contribution in [1.29, 1.82) is 0 Å². The van der Waals surface area contributed by atoms with Crippen LogP contribution in [-0.4, -0.2) is 45.7 Å². The first-order valence-electron chi connectivity index (χ1n) is 5.82. The van der Waals surface area contributed by atoms with Gasteiger partial charge in [-0.05, 0) is 12.8 Å². The van der Waals surface area contributed by atoms with E-state index < -0.39 is 6.43 Å². The highest BCUT2D eigenvalue weighted by molar-refractivity contribution is 5.03. The molecule has 0 unspecified atom stereocenters. The van der Waals surface area contributed by atoms with Crippen LogP contribution in [0.25, 0.3) is 0 Å². The largest absolute Gasteiger partial charge is 0.395 e. The molecule has 2 rings (SSSR count). The molecule has 0 bridgehead atoms. The molecule has 1 aromatic heterocycles. The van der Waals surface area contributed by atoms with Gasteiger partial charge in [-0.3, -0.25) is 4.90 Å². The lowest BCUT2D eigenvalue weighted by molar-refractivity contribution is 0.0734. The molecule has 1 fully saturated rings. The molecule has 6 heteroatoms. The van der Waals surface area contributed by atoms with Crippen LogP contribution in [0.1, 0.15) is 24.6 Å². The number of nitrogens with zero attached hydrogens (tertiary/aromatic N) is 3. The summed E-state index contributed by atoms with van der Waals surface area (Å²) in [6, 6.07) is 0.495. The maximum atomic E-state index is 12.4. The summed E-state index contributed by atoms with van der Waals surface area (Å²) in [5.74, 6) is 0. The second kappa shape index (κ2) is 5.55. The summed E-state index contributed by atoms with van der Waals surface area (Å²) in [5, 5.41) is 8.86. The monoisotopic (exact) mass is 245 g/mol. The Labute approximate surface area is 98.9 Å². The fraction of sp³-hybridized carbons (Fsp3) is 0.727. The van der Waals surface area contributed by atoms with Crippen LogP contribution in [0.4, 0.5) is 8.78 Å². The maximum Gasteiger partial charge on any atom is 0.251 e. The van der Waals surface area contributed by atoms with Gasteiger partial charge in [-0.2, -0.15) is 0 Å².